The lowest BCUT2D eigenvalue weighted by atomic mass is 10.3. The third-order valence-electron chi connectivity index (χ3n) is 2.36. The van der Waals surface area contributed by atoms with Crippen LogP contribution >= 0.6 is 11.3 Å². The van der Waals surface area contributed by atoms with E-state index in [0.717, 1.165) is 16.3 Å². The van der Waals surface area contributed by atoms with Crippen molar-refractivity contribution in [2.24, 2.45) is 5.73 Å². The number of aromatic amines is 1. The number of hydrogen-bond donors (Lipinski definition) is 2. The number of nitrogens with zero attached hydrogens (tertiary/aromatic N) is 2. The van der Waals surface area contributed by atoms with Gasteiger partial charge in [0.05, 0.1) is 11.4 Å². The van der Waals surface area contributed by atoms with E-state index in [9.17, 15) is 0 Å². The van der Waals surface area contributed by atoms with E-state index in [1.807, 2.05) is 24.7 Å². The summed E-state index contributed by atoms with van der Waals surface area (Å²) >= 11 is 1.63. The minimum absolute atomic E-state index is 0.487. The molecule has 0 saturated carbocycles. The third-order valence-corrected chi connectivity index (χ3v) is 3.20. The highest BCUT2D eigenvalue weighted by Crippen LogP contribution is 2.25. The SMILES string of the molecule is NCc1cn2c(-c3cc[nH]c3)csc2n1. The monoisotopic (exact) mass is 218 g/mol. The number of fused-ring (bicyclic) bond motifs is 1. The largest absolute Gasteiger partial charge is 0.367 e. The highest BCUT2D eigenvalue weighted by atomic mass is 32.1. The Kier molecular flexibility index (Phi) is 1.87. The molecule has 3 rings (SSSR count). The molecule has 5 heteroatoms. The van der Waals surface area contributed by atoms with E-state index in [4.69, 9.17) is 5.73 Å². The predicted octanol–water partition coefficient (Wildman–Crippen LogP) is 1.85. The lowest BCUT2D eigenvalue weighted by Crippen LogP contribution is -1.95. The zero-order chi connectivity index (χ0) is 10.3. The molecule has 0 bridgehead atoms. The van der Waals surface area contributed by atoms with Gasteiger partial charge in [0.25, 0.3) is 0 Å². The third kappa shape index (κ3) is 1.28. The van der Waals surface area contributed by atoms with Crippen LogP contribution in [0.5, 0.6) is 0 Å². The normalized spacial score (nSPS) is 11.3. The Balaban J connectivity index is 2.23. The summed E-state index contributed by atoms with van der Waals surface area (Å²) in [5, 5.41) is 2.10. The zero-order valence-electron chi connectivity index (χ0n) is 7.97. The second kappa shape index (κ2) is 3.22. The van der Waals surface area contributed by atoms with E-state index in [-0.39, 0.29) is 0 Å². The number of aromatic nitrogens is 3. The van der Waals surface area contributed by atoms with Crippen LogP contribution in [0.4, 0.5) is 0 Å². The van der Waals surface area contributed by atoms with Gasteiger partial charge in [0.1, 0.15) is 0 Å². The quantitative estimate of drug-likeness (QED) is 0.689. The van der Waals surface area contributed by atoms with Gasteiger partial charge in [0.15, 0.2) is 4.96 Å². The molecule has 0 unspecified atom stereocenters. The van der Waals surface area contributed by atoms with Crippen LogP contribution in [0.15, 0.2) is 30.0 Å². The molecule has 0 saturated heterocycles. The number of hydrogen-bond acceptors (Lipinski definition) is 3. The van der Waals surface area contributed by atoms with E-state index in [0.29, 0.717) is 6.54 Å². The van der Waals surface area contributed by atoms with Gasteiger partial charge in [-0.1, -0.05) is 0 Å². The Bertz CT molecular complexity index is 576. The Hall–Kier alpha value is -1.59. The molecule has 0 aromatic carbocycles. The van der Waals surface area contributed by atoms with Gasteiger partial charge in [-0.25, -0.2) is 4.98 Å². The van der Waals surface area contributed by atoms with Gasteiger partial charge >= 0.3 is 0 Å². The molecule has 0 atom stereocenters. The molecule has 3 aromatic heterocycles. The van der Waals surface area contributed by atoms with Gasteiger partial charge in [-0.2, -0.15) is 0 Å². The molecule has 0 radical (unpaired) electrons. The molecule has 15 heavy (non-hydrogen) atoms. The molecule has 4 nitrogen and oxygen atoms in total. The highest BCUT2D eigenvalue weighted by Gasteiger charge is 2.08. The Morgan fingerprint density at radius 1 is 1.53 bits per heavy atom. The van der Waals surface area contributed by atoms with E-state index < -0.39 is 0 Å². The van der Waals surface area contributed by atoms with Gasteiger partial charge < -0.3 is 10.7 Å². The second-order valence-electron chi connectivity index (χ2n) is 3.31. The molecule has 0 amide bonds. The average Bonchev–Trinajstić information content (AvgIpc) is 2.92. The lowest BCUT2D eigenvalue weighted by molar-refractivity contribution is 1.02. The standard InChI is InChI=1S/C10H10N4S/c11-3-8-5-14-9(6-15-10(14)13-8)7-1-2-12-4-7/h1-2,4-6,12H,3,11H2. The van der Waals surface area contributed by atoms with Gasteiger partial charge in [-0.15, -0.1) is 11.3 Å². The first-order valence-electron chi connectivity index (χ1n) is 4.67. The number of nitrogens with two attached hydrogens (primary N) is 1. The molecule has 0 aliphatic rings. The number of thiazole rings is 1. The van der Waals surface area contributed by atoms with Crippen molar-refractivity contribution >= 4 is 16.3 Å². The fraction of sp³-hybridized carbons (Fsp3) is 0.100. The molecule has 3 heterocycles. The van der Waals surface area contributed by atoms with Crippen LogP contribution in [0.3, 0.4) is 0 Å². The molecule has 76 valence electrons. The molecule has 3 N–H and O–H groups in total. The van der Waals surface area contributed by atoms with E-state index in [1.54, 1.807) is 11.3 Å². The zero-order valence-corrected chi connectivity index (χ0v) is 8.79. The van der Waals surface area contributed by atoms with Gasteiger partial charge in [-0.3, -0.25) is 4.40 Å². The van der Waals surface area contributed by atoms with Crippen LogP contribution in [0.25, 0.3) is 16.2 Å². The smallest absolute Gasteiger partial charge is 0.194 e. The Labute approximate surface area is 90.4 Å². The number of H-pyrrole nitrogens is 1. The summed E-state index contributed by atoms with van der Waals surface area (Å²) in [6.45, 7) is 0.487. The molecule has 0 aliphatic heterocycles. The topological polar surface area (TPSA) is 59.1 Å². The summed E-state index contributed by atoms with van der Waals surface area (Å²) < 4.78 is 2.08. The summed E-state index contributed by atoms with van der Waals surface area (Å²) in [5.41, 5.74) is 8.82. The van der Waals surface area contributed by atoms with Crippen molar-refractivity contribution in [1.82, 2.24) is 14.4 Å². The number of nitrogens with one attached hydrogen (secondary N) is 1. The first-order chi connectivity index (χ1) is 7.38. The predicted molar refractivity (Wildman–Crippen MR) is 60.7 cm³/mol. The molecular formula is C10H10N4S. The summed E-state index contributed by atoms with van der Waals surface area (Å²) in [6, 6.07) is 2.05. The number of rotatable bonds is 2. The summed E-state index contributed by atoms with van der Waals surface area (Å²) in [5.74, 6) is 0. The fourth-order valence-electron chi connectivity index (χ4n) is 1.62. The van der Waals surface area contributed by atoms with Crippen molar-refractivity contribution in [3.8, 4) is 11.3 Å². The number of imidazole rings is 1. The Morgan fingerprint density at radius 2 is 2.47 bits per heavy atom. The van der Waals surface area contributed by atoms with Gasteiger partial charge in [0, 0.05) is 36.1 Å². The molecule has 0 aliphatic carbocycles. The van der Waals surface area contributed by atoms with Crippen molar-refractivity contribution in [2.75, 3.05) is 0 Å². The maximum absolute atomic E-state index is 5.56. The second-order valence-corrected chi connectivity index (χ2v) is 4.15. The van der Waals surface area contributed by atoms with Crippen LogP contribution in [0.2, 0.25) is 0 Å². The summed E-state index contributed by atoms with van der Waals surface area (Å²) in [6.07, 6.45) is 5.89. The van der Waals surface area contributed by atoms with E-state index in [1.165, 1.54) is 5.56 Å². The highest BCUT2D eigenvalue weighted by molar-refractivity contribution is 7.15. The fourth-order valence-corrected chi connectivity index (χ4v) is 2.52. The van der Waals surface area contributed by atoms with Crippen molar-refractivity contribution in [1.29, 1.82) is 0 Å². The van der Waals surface area contributed by atoms with Crippen LogP contribution < -0.4 is 5.73 Å². The molecular weight excluding hydrogens is 208 g/mol. The summed E-state index contributed by atoms with van der Waals surface area (Å²) in [7, 11) is 0. The first kappa shape index (κ1) is 8.70. The minimum Gasteiger partial charge on any atom is -0.367 e. The minimum atomic E-state index is 0.487. The van der Waals surface area contributed by atoms with Gasteiger partial charge in [0.2, 0.25) is 0 Å². The molecule has 3 aromatic rings. The maximum Gasteiger partial charge on any atom is 0.194 e. The molecule has 0 fully saturated rings. The van der Waals surface area contributed by atoms with E-state index >= 15 is 0 Å². The molecule has 0 spiro atoms. The van der Waals surface area contributed by atoms with E-state index in [2.05, 4.69) is 19.7 Å². The summed E-state index contributed by atoms with van der Waals surface area (Å²) in [4.78, 5) is 8.45. The lowest BCUT2D eigenvalue weighted by Gasteiger charge is -1.93. The van der Waals surface area contributed by atoms with Crippen molar-refractivity contribution in [3.05, 3.63) is 35.7 Å². The average molecular weight is 218 g/mol. The first-order valence-corrected chi connectivity index (χ1v) is 5.55. The van der Waals surface area contributed by atoms with Crippen molar-refractivity contribution in [3.63, 3.8) is 0 Å². The van der Waals surface area contributed by atoms with Crippen LogP contribution in [-0.4, -0.2) is 14.4 Å². The van der Waals surface area contributed by atoms with Crippen LogP contribution in [-0.2, 0) is 6.54 Å². The van der Waals surface area contributed by atoms with Crippen LogP contribution in [0, 0.1) is 0 Å². The van der Waals surface area contributed by atoms with Crippen molar-refractivity contribution in [2.45, 2.75) is 6.54 Å². The van der Waals surface area contributed by atoms with Crippen LogP contribution in [0.1, 0.15) is 5.69 Å². The van der Waals surface area contributed by atoms with Crippen molar-refractivity contribution < 1.29 is 0 Å². The Morgan fingerprint density at radius 3 is 3.20 bits per heavy atom. The van der Waals surface area contributed by atoms with Gasteiger partial charge in [-0.05, 0) is 6.07 Å². The maximum atomic E-state index is 5.56.